The fourth-order valence-electron chi connectivity index (χ4n) is 1.62. The first kappa shape index (κ1) is 15.0. The Kier molecular flexibility index (Phi) is 6.41. The Morgan fingerprint density at radius 1 is 1.37 bits per heavy atom. The predicted octanol–water partition coefficient (Wildman–Crippen LogP) is 2.00. The highest BCUT2D eigenvalue weighted by atomic mass is 16.5. The monoisotopic (exact) mass is 262 g/mol. The van der Waals surface area contributed by atoms with Crippen molar-refractivity contribution >= 4 is 5.97 Å². The summed E-state index contributed by atoms with van der Waals surface area (Å²) in [6.07, 6.45) is 0.515. The van der Waals surface area contributed by atoms with Gasteiger partial charge in [-0.2, -0.15) is 5.26 Å². The third-order valence-electron chi connectivity index (χ3n) is 2.76. The second kappa shape index (κ2) is 8.11. The molecule has 0 saturated heterocycles. The van der Waals surface area contributed by atoms with Gasteiger partial charge in [-0.15, -0.1) is 0 Å². The number of aromatic carboxylic acids is 1. The number of carboxylic acids is 1. The van der Waals surface area contributed by atoms with Crippen LogP contribution < -0.4 is 4.74 Å². The molecule has 0 amide bonds. The first-order valence-electron chi connectivity index (χ1n) is 6.22. The molecule has 0 aromatic heterocycles. The molecule has 5 heteroatoms. The molecular formula is C14H18N2O3. The molecule has 1 aromatic rings. The lowest BCUT2D eigenvalue weighted by Crippen LogP contribution is -2.29. The van der Waals surface area contributed by atoms with Crippen LogP contribution in [0.15, 0.2) is 24.3 Å². The Morgan fingerprint density at radius 2 is 2.05 bits per heavy atom. The van der Waals surface area contributed by atoms with Crippen molar-refractivity contribution in [2.75, 3.05) is 26.2 Å². The quantitative estimate of drug-likeness (QED) is 0.775. The van der Waals surface area contributed by atoms with Crippen molar-refractivity contribution < 1.29 is 14.6 Å². The fourth-order valence-corrected chi connectivity index (χ4v) is 1.62. The van der Waals surface area contributed by atoms with Gasteiger partial charge in [0.05, 0.1) is 11.6 Å². The Balaban J connectivity index is 2.36. The zero-order valence-corrected chi connectivity index (χ0v) is 11.0. The number of ether oxygens (including phenoxy) is 1. The molecule has 0 aliphatic carbocycles. The van der Waals surface area contributed by atoms with Crippen molar-refractivity contribution in [1.29, 1.82) is 5.26 Å². The van der Waals surface area contributed by atoms with Gasteiger partial charge in [-0.1, -0.05) is 6.92 Å². The molecule has 0 radical (unpaired) electrons. The van der Waals surface area contributed by atoms with Crippen molar-refractivity contribution in [3.8, 4) is 11.8 Å². The van der Waals surface area contributed by atoms with Gasteiger partial charge in [0.1, 0.15) is 12.4 Å². The van der Waals surface area contributed by atoms with E-state index in [9.17, 15) is 4.79 Å². The molecule has 0 atom stereocenters. The summed E-state index contributed by atoms with van der Waals surface area (Å²) in [4.78, 5) is 12.8. The van der Waals surface area contributed by atoms with Gasteiger partial charge in [-0.05, 0) is 30.8 Å². The molecule has 0 unspecified atom stereocenters. The van der Waals surface area contributed by atoms with Crippen molar-refractivity contribution in [2.45, 2.75) is 13.3 Å². The lowest BCUT2D eigenvalue weighted by atomic mass is 10.2. The van der Waals surface area contributed by atoms with Gasteiger partial charge in [0, 0.05) is 19.5 Å². The number of nitrogens with zero attached hydrogens (tertiary/aromatic N) is 2. The van der Waals surface area contributed by atoms with Crippen LogP contribution in [0, 0.1) is 11.3 Å². The molecule has 0 aliphatic heterocycles. The van der Waals surface area contributed by atoms with Crippen LogP contribution in [0.25, 0.3) is 0 Å². The number of nitriles is 1. The summed E-state index contributed by atoms with van der Waals surface area (Å²) in [6, 6.07) is 8.45. The van der Waals surface area contributed by atoms with Crippen LogP contribution >= 0.6 is 0 Å². The summed E-state index contributed by atoms with van der Waals surface area (Å²) in [7, 11) is 0. The average molecular weight is 262 g/mol. The van der Waals surface area contributed by atoms with Crippen molar-refractivity contribution in [2.24, 2.45) is 0 Å². The van der Waals surface area contributed by atoms with Gasteiger partial charge in [0.25, 0.3) is 0 Å². The third kappa shape index (κ3) is 5.40. The van der Waals surface area contributed by atoms with E-state index in [0.29, 0.717) is 18.8 Å². The molecule has 1 N–H and O–H groups in total. The lowest BCUT2D eigenvalue weighted by molar-refractivity contribution is 0.0697. The number of hydrogen-bond donors (Lipinski definition) is 1. The van der Waals surface area contributed by atoms with E-state index in [1.54, 1.807) is 12.1 Å². The van der Waals surface area contributed by atoms with E-state index in [0.717, 1.165) is 19.6 Å². The Morgan fingerprint density at radius 3 is 2.58 bits per heavy atom. The van der Waals surface area contributed by atoms with E-state index in [1.807, 2.05) is 6.92 Å². The Labute approximate surface area is 113 Å². The largest absolute Gasteiger partial charge is 0.492 e. The summed E-state index contributed by atoms with van der Waals surface area (Å²) in [5.41, 5.74) is 0.247. The minimum atomic E-state index is -0.944. The SMILES string of the molecule is CCN(CCC#N)CCOc1ccc(C(=O)O)cc1. The van der Waals surface area contributed by atoms with Crippen LogP contribution in [-0.2, 0) is 0 Å². The third-order valence-corrected chi connectivity index (χ3v) is 2.76. The summed E-state index contributed by atoms with van der Waals surface area (Å²) in [5, 5.41) is 17.3. The fraction of sp³-hybridized carbons (Fsp3) is 0.429. The highest BCUT2D eigenvalue weighted by Gasteiger charge is 2.04. The minimum Gasteiger partial charge on any atom is -0.492 e. The minimum absolute atomic E-state index is 0.247. The number of rotatable bonds is 8. The summed E-state index contributed by atoms with van der Waals surface area (Å²) in [5.74, 6) is -0.290. The second-order valence-corrected chi connectivity index (χ2v) is 4.02. The maximum absolute atomic E-state index is 10.7. The van der Waals surface area contributed by atoms with Crippen molar-refractivity contribution in [1.82, 2.24) is 4.90 Å². The maximum atomic E-state index is 10.7. The van der Waals surface area contributed by atoms with Crippen molar-refractivity contribution in [3.05, 3.63) is 29.8 Å². The molecule has 5 nitrogen and oxygen atoms in total. The molecule has 0 saturated carbocycles. The molecule has 1 aromatic carbocycles. The van der Waals surface area contributed by atoms with Gasteiger partial charge >= 0.3 is 5.97 Å². The molecule has 1 rings (SSSR count). The van der Waals surface area contributed by atoms with Crippen LogP contribution in [0.3, 0.4) is 0 Å². The molecule has 0 bridgehead atoms. The van der Waals surface area contributed by atoms with Crippen LogP contribution in [0.2, 0.25) is 0 Å². The van der Waals surface area contributed by atoms with Crippen LogP contribution in [0.5, 0.6) is 5.75 Å². The maximum Gasteiger partial charge on any atom is 0.335 e. The van der Waals surface area contributed by atoms with Gasteiger partial charge in [0.2, 0.25) is 0 Å². The molecular weight excluding hydrogens is 244 g/mol. The number of likely N-dealkylation sites (N-methyl/N-ethyl adjacent to an activating group) is 1. The lowest BCUT2D eigenvalue weighted by Gasteiger charge is -2.18. The standard InChI is InChI=1S/C14H18N2O3/c1-2-16(9-3-8-15)10-11-19-13-6-4-12(5-7-13)14(17)18/h4-7H,2-3,9-11H2,1H3,(H,17,18). The van der Waals surface area contributed by atoms with E-state index in [1.165, 1.54) is 12.1 Å². The topological polar surface area (TPSA) is 73.6 Å². The Bertz CT molecular complexity index is 437. The summed E-state index contributed by atoms with van der Waals surface area (Å²) in [6.45, 7) is 4.93. The average Bonchev–Trinajstić information content (AvgIpc) is 2.43. The van der Waals surface area contributed by atoms with Gasteiger partial charge < -0.3 is 9.84 Å². The molecule has 0 spiro atoms. The number of benzene rings is 1. The number of carbonyl (C=O) groups is 1. The molecule has 0 aliphatic rings. The van der Waals surface area contributed by atoms with E-state index in [4.69, 9.17) is 15.1 Å². The van der Waals surface area contributed by atoms with Gasteiger partial charge in [0.15, 0.2) is 0 Å². The summed E-state index contributed by atoms with van der Waals surface area (Å²) < 4.78 is 5.54. The zero-order chi connectivity index (χ0) is 14.1. The first-order chi connectivity index (χ1) is 9.17. The second-order valence-electron chi connectivity index (χ2n) is 4.02. The smallest absolute Gasteiger partial charge is 0.335 e. The van der Waals surface area contributed by atoms with Gasteiger partial charge in [-0.25, -0.2) is 4.79 Å². The Hall–Kier alpha value is -2.06. The molecule has 102 valence electrons. The highest BCUT2D eigenvalue weighted by Crippen LogP contribution is 2.12. The van der Waals surface area contributed by atoms with E-state index < -0.39 is 5.97 Å². The first-order valence-corrected chi connectivity index (χ1v) is 6.22. The molecule has 0 heterocycles. The van der Waals surface area contributed by atoms with E-state index in [2.05, 4.69) is 11.0 Å². The summed E-state index contributed by atoms with van der Waals surface area (Å²) >= 11 is 0. The zero-order valence-electron chi connectivity index (χ0n) is 11.0. The van der Waals surface area contributed by atoms with E-state index in [-0.39, 0.29) is 5.56 Å². The molecule has 19 heavy (non-hydrogen) atoms. The number of carboxylic acid groups (broad SMARTS) is 1. The molecule has 0 fully saturated rings. The van der Waals surface area contributed by atoms with Gasteiger partial charge in [-0.3, -0.25) is 4.90 Å². The predicted molar refractivity (Wildman–Crippen MR) is 71.2 cm³/mol. The van der Waals surface area contributed by atoms with Crippen LogP contribution in [0.4, 0.5) is 0 Å². The normalized spacial score (nSPS) is 10.2. The van der Waals surface area contributed by atoms with Crippen molar-refractivity contribution in [3.63, 3.8) is 0 Å². The number of hydrogen-bond acceptors (Lipinski definition) is 4. The van der Waals surface area contributed by atoms with Crippen LogP contribution in [0.1, 0.15) is 23.7 Å². The van der Waals surface area contributed by atoms with Crippen LogP contribution in [-0.4, -0.2) is 42.2 Å². The van der Waals surface area contributed by atoms with E-state index >= 15 is 0 Å². The highest BCUT2D eigenvalue weighted by molar-refractivity contribution is 5.87.